The van der Waals surface area contributed by atoms with E-state index in [1.54, 1.807) is 6.20 Å². The van der Waals surface area contributed by atoms with Crippen molar-refractivity contribution in [3.63, 3.8) is 0 Å². The quantitative estimate of drug-likeness (QED) is 0.388. The lowest BCUT2D eigenvalue weighted by Crippen LogP contribution is -2.37. The smallest absolute Gasteiger partial charge is 0.316 e. The number of benzene rings is 1. The molecule has 0 aliphatic carbocycles. The van der Waals surface area contributed by atoms with Crippen LogP contribution in [0.15, 0.2) is 40.4 Å². The number of H-pyrrole nitrogens is 1. The fourth-order valence-electron chi connectivity index (χ4n) is 2.36. The minimum absolute atomic E-state index is 0.0723. The van der Waals surface area contributed by atoms with Crippen molar-refractivity contribution in [3.8, 4) is 5.69 Å². The number of nitrogens with one attached hydrogen (secondary N) is 1. The van der Waals surface area contributed by atoms with Crippen LogP contribution in [0, 0.1) is 10.1 Å². The van der Waals surface area contributed by atoms with E-state index < -0.39 is 16.0 Å². The number of aliphatic hydroxyl groups excluding tert-OH is 1. The number of aromatic nitrogens is 4. The van der Waals surface area contributed by atoms with Crippen LogP contribution in [-0.2, 0) is 6.54 Å². The van der Waals surface area contributed by atoms with Gasteiger partial charge in [0.25, 0.3) is 5.69 Å². The van der Waals surface area contributed by atoms with Gasteiger partial charge in [-0.1, -0.05) is 0 Å². The molecule has 2 aromatic heterocycles. The number of imidazole rings is 1. The van der Waals surface area contributed by atoms with Crippen LogP contribution < -0.4 is 11.1 Å². The maximum Gasteiger partial charge on any atom is 0.316 e. The van der Waals surface area contributed by atoms with Crippen LogP contribution in [0.1, 0.15) is 0 Å². The van der Waals surface area contributed by atoms with Crippen LogP contribution in [0.5, 0.6) is 0 Å². The monoisotopic (exact) mass is 317 g/mol. The van der Waals surface area contributed by atoms with Crippen LogP contribution in [0.25, 0.3) is 16.7 Å². The van der Waals surface area contributed by atoms with Crippen LogP contribution in [0.2, 0.25) is 0 Å². The van der Waals surface area contributed by atoms with Crippen molar-refractivity contribution in [1.82, 2.24) is 19.1 Å². The van der Waals surface area contributed by atoms with Crippen molar-refractivity contribution >= 4 is 16.7 Å². The van der Waals surface area contributed by atoms with E-state index >= 15 is 0 Å². The molecule has 0 aliphatic heterocycles. The van der Waals surface area contributed by atoms with E-state index in [-0.39, 0.29) is 29.9 Å². The Bertz CT molecular complexity index is 1000. The predicted molar refractivity (Wildman–Crippen MR) is 79.7 cm³/mol. The summed E-state index contributed by atoms with van der Waals surface area (Å²) in [5.74, 6) is 0. The maximum atomic E-state index is 12.0. The van der Waals surface area contributed by atoms with Gasteiger partial charge in [0.05, 0.1) is 29.1 Å². The lowest BCUT2D eigenvalue weighted by atomic mass is 10.2. The zero-order valence-corrected chi connectivity index (χ0v) is 11.7. The van der Waals surface area contributed by atoms with Gasteiger partial charge in [0, 0.05) is 25.0 Å². The molecule has 10 heteroatoms. The number of non-ortho nitro benzene ring substituents is 1. The van der Waals surface area contributed by atoms with E-state index in [9.17, 15) is 19.7 Å². The molecule has 0 saturated heterocycles. The average Bonchev–Trinajstić information content (AvgIpc) is 3.05. The summed E-state index contributed by atoms with van der Waals surface area (Å²) in [6.07, 6.45) is 4.54. The Morgan fingerprint density at radius 1 is 1.35 bits per heavy atom. The first-order valence-electron chi connectivity index (χ1n) is 6.57. The number of fused-ring (bicyclic) bond motifs is 1. The van der Waals surface area contributed by atoms with Crippen LogP contribution in [0.4, 0.5) is 5.69 Å². The molecule has 0 fully saturated rings. The summed E-state index contributed by atoms with van der Waals surface area (Å²) in [4.78, 5) is 40.5. The molecule has 0 aliphatic rings. The first-order chi connectivity index (χ1) is 11.0. The summed E-state index contributed by atoms with van der Waals surface area (Å²) < 4.78 is 2.55. The van der Waals surface area contributed by atoms with Gasteiger partial charge in [-0.3, -0.25) is 24.3 Å². The Hall–Kier alpha value is -3.27. The largest absolute Gasteiger partial charge is 0.395 e. The second-order valence-electron chi connectivity index (χ2n) is 4.72. The molecule has 23 heavy (non-hydrogen) atoms. The molecular weight excluding hydrogens is 306 g/mol. The number of hydrogen-bond acceptors (Lipinski definition) is 6. The van der Waals surface area contributed by atoms with Gasteiger partial charge in [0.1, 0.15) is 5.52 Å². The number of hydrogen-bond donors (Lipinski definition) is 2. The first-order valence-corrected chi connectivity index (χ1v) is 6.57. The third kappa shape index (κ3) is 2.40. The van der Waals surface area contributed by atoms with Crippen molar-refractivity contribution in [1.29, 1.82) is 0 Å². The molecule has 0 saturated carbocycles. The standard InChI is InChI=1S/C13H11N5O5/c19-4-3-17-9-5-8(16-2-1-14-7-16)6-10(18(22)23)11(9)15-12(20)13(17)21/h1-2,5-7,19H,3-4H2,(H,15,20). The molecule has 118 valence electrons. The van der Waals surface area contributed by atoms with Gasteiger partial charge in [-0.05, 0) is 6.07 Å². The molecular formula is C13H11N5O5. The highest BCUT2D eigenvalue weighted by Gasteiger charge is 2.19. The minimum Gasteiger partial charge on any atom is -0.395 e. The van der Waals surface area contributed by atoms with E-state index in [4.69, 9.17) is 5.11 Å². The molecule has 0 radical (unpaired) electrons. The number of rotatable bonds is 4. The number of aliphatic hydroxyl groups is 1. The van der Waals surface area contributed by atoms with E-state index in [0.29, 0.717) is 5.69 Å². The Balaban J connectivity index is 2.47. The molecule has 10 nitrogen and oxygen atoms in total. The van der Waals surface area contributed by atoms with Crippen LogP contribution in [-0.4, -0.2) is 35.7 Å². The highest BCUT2D eigenvalue weighted by molar-refractivity contribution is 5.86. The van der Waals surface area contributed by atoms with Gasteiger partial charge in [-0.25, -0.2) is 4.98 Å². The van der Waals surface area contributed by atoms with Crippen molar-refractivity contribution in [2.75, 3.05) is 6.61 Å². The van der Waals surface area contributed by atoms with Gasteiger partial charge in [0.15, 0.2) is 0 Å². The van der Waals surface area contributed by atoms with Gasteiger partial charge < -0.3 is 14.7 Å². The number of nitro groups is 1. The van der Waals surface area contributed by atoms with Gasteiger partial charge in [0.2, 0.25) is 0 Å². The topological polar surface area (TPSA) is 136 Å². The number of aromatic amines is 1. The van der Waals surface area contributed by atoms with Crippen molar-refractivity contribution in [2.45, 2.75) is 6.54 Å². The van der Waals surface area contributed by atoms with Gasteiger partial charge in [-0.15, -0.1) is 0 Å². The normalized spacial score (nSPS) is 11.0. The highest BCUT2D eigenvalue weighted by atomic mass is 16.6. The van der Waals surface area contributed by atoms with E-state index in [0.717, 1.165) is 4.57 Å². The highest BCUT2D eigenvalue weighted by Crippen LogP contribution is 2.26. The zero-order chi connectivity index (χ0) is 16.6. The summed E-state index contributed by atoms with van der Waals surface area (Å²) in [5, 5.41) is 20.4. The number of nitro benzene ring substituents is 1. The fraction of sp³-hybridized carbons (Fsp3) is 0.154. The first kappa shape index (κ1) is 14.7. The number of nitrogens with zero attached hydrogens (tertiary/aromatic N) is 4. The van der Waals surface area contributed by atoms with Crippen LogP contribution >= 0.6 is 0 Å². The molecule has 2 heterocycles. The van der Waals surface area contributed by atoms with Crippen molar-refractivity contribution < 1.29 is 10.0 Å². The Morgan fingerprint density at radius 2 is 2.13 bits per heavy atom. The SMILES string of the molecule is O=c1[nH]c2c([N+](=O)[O-])cc(-n3ccnc3)cc2n(CCO)c1=O. The van der Waals surface area contributed by atoms with E-state index in [2.05, 4.69) is 9.97 Å². The van der Waals surface area contributed by atoms with Gasteiger partial charge >= 0.3 is 11.1 Å². The van der Waals surface area contributed by atoms with Crippen LogP contribution in [0.3, 0.4) is 0 Å². The summed E-state index contributed by atoms with van der Waals surface area (Å²) >= 11 is 0. The van der Waals surface area contributed by atoms with Crippen molar-refractivity contribution in [3.05, 3.63) is 61.7 Å². The average molecular weight is 317 g/mol. The minimum atomic E-state index is -0.982. The molecule has 0 spiro atoms. The Morgan fingerprint density at radius 3 is 2.74 bits per heavy atom. The fourth-order valence-corrected chi connectivity index (χ4v) is 2.36. The summed E-state index contributed by atoms with van der Waals surface area (Å²) in [6.45, 7) is -0.536. The van der Waals surface area contributed by atoms with E-state index in [1.807, 2.05) is 0 Å². The lowest BCUT2D eigenvalue weighted by Gasteiger charge is -2.10. The second kappa shape index (κ2) is 5.50. The molecule has 1 aromatic carbocycles. The molecule has 0 bridgehead atoms. The third-order valence-corrected chi connectivity index (χ3v) is 3.37. The zero-order valence-electron chi connectivity index (χ0n) is 11.7. The van der Waals surface area contributed by atoms with E-state index in [1.165, 1.54) is 29.2 Å². The molecule has 0 atom stereocenters. The summed E-state index contributed by atoms with van der Waals surface area (Å²) in [5.41, 5.74) is -1.73. The molecule has 2 N–H and O–H groups in total. The maximum absolute atomic E-state index is 12.0. The second-order valence-corrected chi connectivity index (χ2v) is 4.72. The molecule has 3 aromatic rings. The third-order valence-electron chi connectivity index (χ3n) is 3.37. The lowest BCUT2D eigenvalue weighted by molar-refractivity contribution is -0.383. The molecule has 0 amide bonds. The van der Waals surface area contributed by atoms with Gasteiger partial charge in [-0.2, -0.15) is 0 Å². The molecule has 0 unspecified atom stereocenters. The Labute approximate surface area is 127 Å². The summed E-state index contributed by atoms with van der Waals surface area (Å²) in [6, 6.07) is 2.78. The molecule has 3 rings (SSSR count). The predicted octanol–water partition coefficient (Wildman–Crippen LogP) is -0.224. The Kier molecular flexibility index (Phi) is 3.50. The summed E-state index contributed by atoms with van der Waals surface area (Å²) in [7, 11) is 0. The van der Waals surface area contributed by atoms with Crippen molar-refractivity contribution in [2.24, 2.45) is 0 Å².